The lowest BCUT2D eigenvalue weighted by atomic mass is 10.0. The first-order valence-electron chi connectivity index (χ1n) is 7.46. The maximum atomic E-state index is 14.1. The molecule has 0 aliphatic rings. The zero-order valence-electron chi connectivity index (χ0n) is 12.6. The van der Waals surface area contributed by atoms with Gasteiger partial charge in [0.25, 0.3) is 5.56 Å². The van der Waals surface area contributed by atoms with Crippen molar-refractivity contribution in [2.45, 2.75) is 6.42 Å². The highest BCUT2D eigenvalue weighted by Crippen LogP contribution is 2.24. The van der Waals surface area contributed by atoms with Crippen LogP contribution in [0.3, 0.4) is 0 Å². The minimum atomic E-state index is -0.317. The van der Waals surface area contributed by atoms with Gasteiger partial charge in [0.05, 0.1) is 29.3 Å². The van der Waals surface area contributed by atoms with Crippen molar-refractivity contribution in [2.24, 2.45) is 0 Å². The molecule has 24 heavy (non-hydrogen) atoms. The zero-order valence-corrected chi connectivity index (χ0v) is 12.6. The number of benzene rings is 2. The number of H-pyrrole nitrogens is 2. The van der Waals surface area contributed by atoms with Crippen LogP contribution in [-0.2, 0) is 6.42 Å². The average molecular weight is 320 g/mol. The highest BCUT2D eigenvalue weighted by atomic mass is 19.1. The molecule has 2 aromatic carbocycles. The van der Waals surface area contributed by atoms with Crippen LogP contribution in [0.15, 0.2) is 59.8 Å². The Morgan fingerprint density at radius 1 is 1.08 bits per heavy atom. The molecule has 5 nitrogen and oxygen atoms in total. The van der Waals surface area contributed by atoms with Crippen LogP contribution in [0.2, 0.25) is 0 Å². The van der Waals surface area contributed by atoms with Gasteiger partial charge in [0.2, 0.25) is 0 Å². The van der Waals surface area contributed by atoms with Crippen LogP contribution < -0.4 is 5.56 Å². The fourth-order valence-electron chi connectivity index (χ4n) is 2.79. The lowest BCUT2D eigenvalue weighted by Crippen LogP contribution is -2.11. The number of rotatable bonds is 3. The topological polar surface area (TPSA) is 74.4 Å². The van der Waals surface area contributed by atoms with Crippen molar-refractivity contribution in [1.29, 1.82) is 0 Å². The molecule has 2 aromatic heterocycles. The molecule has 0 aliphatic carbocycles. The van der Waals surface area contributed by atoms with Crippen LogP contribution in [0, 0.1) is 5.82 Å². The van der Waals surface area contributed by atoms with Gasteiger partial charge < -0.3 is 4.98 Å². The van der Waals surface area contributed by atoms with E-state index in [0.29, 0.717) is 23.1 Å². The molecule has 6 heteroatoms. The van der Waals surface area contributed by atoms with Crippen molar-refractivity contribution < 1.29 is 4.39 Å². The van der Waals surface area contributed by atoms with Gasteiger partial charge in [-0.15, -0.1) is 0 Å². The lowest BCUT2D eigenvalue weighted by molar-refractivity contribution is 0.630. The number of halogens is 1. The molecule has 0 aliphatic heterocycles. The van der Waals surface area contributed by atoms with Gasteiger partial charge in [-0.1, -0.05) is 24.3 Å². The SMILES string of the molecule is O=c1[nH]nc(Cc2ccc(F)c(-c3cnc[nH]3)c2)c2ccccc12. The van der Waals surface area contributed by atoms with Crippen molar-refractivity contribution in [3.63, 3.8) is 0 Å². The summed E-state index contributed by atoms with van der Waals surface area (Å²) in [5, 5.41) is 8.08. The summed E-state index contributed by atoms with van der Waals surface area (Å²) in [6.45, 7) is 0. The first-order valence-corrected chi connectivity index (χ1v) is 7.46. The van der Waals surface area contributed by atoms with Gasteiger partial charge in [-0.3, -0.25) is 4.79 Å². The standard InChI is InChI=1S/C18H13FN4O/c19-15-6-5-11(7-14(15)17-9-20-10-21-17)8-16-12-3-1-2-4-13(12)18(24)23-22-16/h1-7,9-10H,8H2,(H,20,21)(H,23,24). The summed E-state index contributed by atoms with van der Waals surface area (Å²) in [6, 6.07) is 12.2. The van der Waals surface area contributed by atoms with Crippen LogP contribution in [0.4, 0.5) is 4.39 Å². The third-order valence-electron chi connectivity index (χ3n) is 3.97. The Labute approximate surface area is 136 Å². The van der Waals surface area contributed by atoms with Crippen LogP contribution >= 0.6 is 0 Å². The molecule has 4 aromatic rings. The van der Waals surface area contributed by atoms with E-state index in [1.54, 1.807) is 24.4 Å². The Hall–Kier alpha value is -3.28. The van der Waals surface area contributed by atoms with Crippen molar-refractivity contribution in [3.05, 3.63) is 82.4 Å². The van der Waals surface area contributed by atoms with Gasteiger partial charge in [0.1, 0.15) is 5.82 Å². The summed E-state index contributed by atoms with van der Waals surface area (Å²) in [5.74, 6) is -0.317. The summed E-state index contributed by atoms with van der Waals surface area (Å²) >= 11 is 0. The van der Waals surface area contributed by atoms with Gasteiger partial charge in [-0.05, 0) is 23.8 Å². The van der Waals surface area contributed by atoms with Crippen LogP contribution in [0.25, 0.3) is 22.0 Å². The summed E-state index contributed by atoms with van der Waals surface area (Å²) in [7, 11) is 0. The van der Waals surface area contributed by atoms with Crippen molar-refractivity contribution in [3.8, 4) is 11.3 Å². The van der Waals surface area contributed by atoms with E-state index in [9.17, 15) is 9.18 Å². The average Bonchev–Trinajstić information content (AvgIpc) is 3.14. The fraction of sp³-hybridized carbons (Fsp3) is 0.0556. The Kier molecular flexibility index (Phi) is 3.42. The first kappa shape index (κ1) is 14.3. The van der Waals surface area contributed by atoms with E-state index in [4.69, 9.17) is 0 Å². The second-order valence-electron chi connectivity index (χ2n) is 5.50. The predicted molar refractivity (Wildman–Crippen MR) is 89.2 cm³/mol. The van der Waals surface area contributed by atoms with Crippen molar-refractivity contribution in [1.82, 2.24) is 20.2 Å². The van der Waals surface area contributed by atoms with Gasteiger partial charge in [-0.25, -0.2) is 14.5 Å². The molecular formula is C18H13FN4O. The second-order valence-corrected chi connectivity index (χ2v) is 5.50. The molecule has 4 rings (SSSR count). The van der Waals surface area contributed by atoms with Gasteiger partial charge in [0, 0.05) is 17.4 Å². The Morgan fingerprint density at radius 2 is 1.92 bits per heavy atom. The zero-order chi connectivity index (χ0) is 16.5. The lowest BCUT2D eigenvalue weighted by Gasteiger charge is -2.07. The van der Waals surface area contributed by atoms with E-state index in [-0.39, 0.29) is 11.4 Å². The molecule has 0 bridgehead atoms. The number of aromatic nitrogens is 4. The molecule has 0 spiro atoms. The van der Waals surface area contributed by atoms with Gasteiger partial charge >= 0.3 is 0 Å². The fourth-order valence-corrected chi connectivity index (χ4v) is 2.79. The van der Waals surface area contributed by atoms with E-state index < -0.39 is 0 Å². The predicted octanol–water partition coefficient (Wildman–Crippen LogP) is 3.04. The first-order chi connectivity index (χ1) is 11.7. The second kappa shape index (κ2) is 5.73. The minimum Gasteiger partial charge on any atom is -0.345 e. The molecule has 0 atom stereocenters. The highest BCUT2D eigenvalue weighted by Gasteiger charge is 2.11. The number of hydrogen-bond acceptors (Lipinski definition) is 3. The quantitative estimate of drug-likeness (QED) is 0.609. The third kappa shape index (κ3) is 2.48. The number of nitrogens with one attached hydrogen (secondary N) is 2. The molecular weight excluding hydrogens is 307 g/mol. The van der Waals surface area contributed by atoms with Crippen LogP contribution in [0.1, 0.15) is 11.3 Å². The third-order valence-corrected chi connectivity index (χ3v) is 3.97. The van der Waals surface area contributed by atoms with Crippen molar-refractivity contribution in [2.75, 3.05) is 0 Å². The van der Waals surface area contributed by atoms with Crippen LogP contribution in [-0.4, -0.2) is 20.2 Å². The number of nitrogens with zero attached hydrogens (tertiary/aromatic N) is 2. The molecule has 0 saturated carbocycles. The molecule has 0 amide bonds. The number of fused-ring (bicyclic) bond motifs is 1. The van der Waals surface area contributed by atoms with Gasteiger partial charge in [0.15, 0.2) is 0 Å². The molecule has 0 fully saturated rings. The van der Waals surface area contributed by atoms with E-state index in [2.05, 4.69) is 20.2 Å². The number of imidazole rings is 1. The smallest absolute Gasteiger partial charge is 0.272 e. The molecule has 118 valence electrons. The number of aromatic amines is 2. The Morgan fingerprint density at radius 3 is 2.71 bits per heavy atom. The summed E-state index contributed by atoms with van der Waals surface area (Å²) < 4.78 is 14.1. The Balaban J connectivity index is 1.78. The summed E-state index contributed by atoms with van der Waals surface area (Å²) in [6.07, 6.45) is 3.58. The Bertz CT molecular complexity index is 1070. The highest BCUT2D eigenvalue weighted by molar-refractivity contribution is 5.83. The molecule has 0 unspecified atom stereocenters. The van der Waals surface area contributed by atoms with E-state index >= 15 is 0 Å². The normalized spacial score (nSPS) is 11.0. The minimum absolute atomic E-state index is 0.216. The van der Waals surface area contributed by atoms with E-state index in [0.717, 1.165) is 16.6 Å². The summed E-state index contributed by atoms with van der Waals surface area (Å²) in [5.41, 5.74) is 2.50. The molecule has 0 radical (unpaired) electrons. The maximum Gasteiger partial charge on any atom is 0.272 e. The maximum absolute atomic E-state index is 14.1. The van der Waals surface area contributed by atoms with E-state index in [1.165, 1.54) is 12.4 Å². The molecule has 0 saturated heterocycles. The van der Waals surface area contributed by atoms with E-state index in [1.807, 2.05) is 18.2 Å². The molecule has 2 N–H and O–H groups in total. The summed E-state index contributed by atoms with van der Waals surface area (Å²) in [4.78, 5) is 18.7. The largest absolute Gasteiger partial charge is 0.345 e. The van der Waals surface area contributed by atoms with Gasteiger partial charge in [-0.2, -0.15) is 5.10 Å². The van der Waals surface area contributed by atoms with Crippen molar-refractivity contribution >= 4 is 10.8 Å². The number of hydrogen-bond donors (Lipinski definition) is 2. The van der Waals surface area contributed by atoms with Crippen LogP contribution in [0.5, 0.6) is 0 Å². The monoisotopic (exact) mass is 320 g/mol. The molecule has 2 heterocycles.